The fraction of sp³-hybridized carbons (Fsp3) is 0.500. The number of carbonyl (C=O) groups is 1. The lowest BCUT2D eigenvalue weighted by molar-refractivity contribution is -0.161. The molecule has 0 aliphatic carbocycles. The number of aromatic nitrogens is 4. The van der Waals surface area contributed by atoms with E-state index in [1.54, 1.807) is 31.2 Å². The molecule has 2 aliphatic heterocycles. The lowest BCUT2D eigenvalue weighted by Gasteiger charge is -2.31. The van der Waals surface area contributed by atoms with Gasteiger partial charge in [-0.2, -0.15) is 9.97 Å². The Balaban J connectivity index is 1.39. The van der Waals surface area contributed by atoms with Crippen molar-refractivity contribution in [3.8, 4) is 5.88 Å². The van der Waals surface area contributed by atoms with Crippen LogP contribution >= 0.6 is 19.4 Å². The molecule has 3 N–H and O–H groups in total. The zero-order valence-corrected chi connectivity index (χ0v) is 23.6. The summed E-state index contributed by atoms with van der Waals surface area (Å²) in [4.78, 5) is 24.6. The van der Waals surface area contributed by atoms with E-state index in [4.69, 9.17) is 45.1 Å². The van der Waals surface area contributed by atoms with Gasteiger partial charge in [0.1, 0.15) is 11.7 Å². The Labute approximate surface area is 234 Å². The van der Waals surface area contributed by atoms with Crippen LogP contribution in [0.4, 0.5) is 5.95 Å². The van der Waals surface area contributed by atoms with Gasteiger partial charge < -0.3 is 25.1 Å². The predicted molar refractivity (Wildman–Crippen MR) is 140 cm³/mol. The molecule has 6 atom stereocenters. The molecule has 3 aromatic rings. The number of phosphoric acid groups is 1. The predicted octanol–water partition coefficient (Wildman–Crippen LogP) is 3.34. The summed E-state index contributed by atoms with van der Waals surface area (Å²) in [6.07, 6.45) is -2.27. The molecule has 0 spiro atoms. The number of hydrogen-bond donors (Lipinski definition) is 2. The Bertz CT molecular complexity index is 1450. The minimum absolute atomic E-state index is 0.0780. The number of nitrogen functional groups attached to an aromatic ring is 1. The molecule has 0 bridgehead atoms. The Morgan fingerprint density at radius 3 is 2.90 bits per heavy atom. The number of nitrogens with zero attached hydrogens (tertiary/aromatic N) is 4. The molecule has 2 aliphatic rings. The molecule has 16 heteroatoms. The molecule has 14 nitrogen and oxygen atoms in total. The van der Waals surface area contributed by atoms with Gasteiger partial charge in [0, 0.05) is 18.4 Å². The molecule has 40 heavy (non-hydrogen) atoms. The average molecular weight is 598 g/mol. The summed E-state index contributed by atoms with van der Waals surface area (Å²) in [6, 6.07) is 6.99. The number of phosphoric ester groups is 1. The Morgan fingerprint density at radius 1 is 1.38 bits per heavy atom. The largest absolute Gasteiger partial charge is 0.476 e. The van der Waals surface area contributed by atoms with Crippen LogP contribution in [0.5, 0.6) is 5.88 Å². The van der Waals surface area contributed by atoms with Crippen LogP contribution in [-0.4, -0.2) is 68.2 Å². The quantitative estimate of drug-likeness (QED) is 0.285. The van der Waals surface area contributed by atoms with Crippen LogP contribution in [0.15, 0.2) is 30.6 Å². The fourth-order valence-electron chi connectivity index (χ4n) is 4.73. The summed E-state index contributed by atoms with van der Waals surface area (Å²) in [5.74, 6) is -0.583. The first-order chi connectivity index (χ1) is 19.0. The molecular weight excluding hydrogens is 569 g/mol. The highest BCUT2D eigenvalue weighted by atomic mass is 35.5. The van der Waals surface area contributed by atoms with E-state index in [1.165, 1.54) is 24.7 Å². The highest BCUT2D eigenvalue weighted by Gasteiger charge is 2.57. The number of aliphatic hydroxyl groups is 1. The maximum Gasteiger partial charge on any atom is 0.475 e. The molecule has 5 rings (SSSR count). The highest BCUT2D eigenvalue weighted by Crippen LogP contribution is 2.57. The summed E-state index contributed by atoms with van der Waals surface area (Å²) in [6.45, 7) is 4.42. The first kappa shape index (κ1) is 28.7. The third kappa shape index (κ3) is 5.66. The maximum absolute atomic E-state index is 13.4. The van der Waals surface area contributed by atoms with Gasteiger partial charge in [0.05, 0.1) is 32.3 Å². The van der Waals surface area contributed by atoms with Crippen molar-refractivity contribution in [2.45, 2.75) is 57.3 Å². The second-order valence-electron chi connectivity index (χ2n) is 9.44. The van der Waals surface area contributed by atoms with Gasteiger partial charge in [-0.05, 0) is 31.5 Å². The highest BCUT2D eigenvalue weighted by molar-refractivity contribution is 7.48. The summed E-state index contributed by atoms with van der Waals surface area (Å²) in [5, 5.41) is 12.1. The standard InChI is InChI=1S/C24H29ClN5O9P/c1-4-34-21-18-20(28-23(26)29-21)30(12-27-18)22-24(3,32)19(37-13(2)31)17(38-22)11-36-40(33)35-9-8-16(39-40)14-6-5-7-15(25)10-14/h5-7,10,12,16-17,19,22,32H,4,8-9,11H2,1-3H3,(H2,26,28,29)/t16-,17+,19+,22+,24+,40+/m0/s1. The van der Waals surface area contributed by atoms with Gasteiger partial charge in [0.2, 0.25) is 11.8 Å². The summed E-state index contributed by atoms with van der Waals surface area (Å²) < 4.78 is 48.6. The van der Waals surface area contributed by atoms with E-state index in [0.717, 1.165) is 5.56 Å². The van der Waals surface area contributed by atoms with Crippen molar-refractivity contribution in [3.05, 3.63) is 41.2 Å². The monoisotopic (exact) mass is 597 g/mol. The van der Waals surface area contributed by atoms with Crippen molar-refractivity contribution in [2.75, 3.05) is 25.6 Å². The van der Waals surface area contributed by atoms with Crippen molar-refractivity contribution < 1.29 is 42.2 Å². The summed E-state index contributed by atoms with van der Waals surface area (Å²) in [7, 11) is -4.06. The average Bonchev–Trinajstić information content (AvgIpc) is 3.41. The van der Waals surface area contributed by atoms with Crippen LogP contribution in [0.2, 0.25) is 5.02 Å². The third-order valence-corrected chi connectivity index (χ3v) is 8.17. The number of esters is 1. The van der Waals surface area contributed by atoms with Crippen LogP contribution < -0.4 is 10.5 Å². The van der Waals surface area contributed by atoms with E-state index in [0.29, 0.717) is 23.6 Å². The molecule has 4 heterocycles. The van der Waals surface area contributed by atoms with Crippen molar-refractivity contribution in [2.24, 2.45) is 0 Å². The molecule has 2 fully saturated rings. The van der Waals surface area contributed by atoms with Gasteiger partial charge in [-0.15, -0.1) is 0 Å². The Kier molecular flexibility index (Phi) is 8.03. The van der Waals surface area contributed by atoms with E-state index in [-0.39, 0.29) is 24.1 Å². The first-order valence-corrected chi connectivity index (χ1v) is 14.4. The number of anilines is 1. The van der Waals surface area contributed by atoms with E-state index in [2.05, 4.69) is 15.0 Å². The maximum atomic E-state index is 13.4. The first-order valence-electron chi connectivity index (χ1n) is 12.5. The molecule has 216 valence electrons. The molecular formula is C24H29ClN5O9P. The van der Waals surface area contributed by atoms with Crippen molar-refractivity contribution >= 4 is 42.5 Å². The lowest BCUT2D eigenvalue weighted by Crippen LogP contribution is -2.47. The van der Waals surface area contributed by atoms with E-state index in [1.807, 2.05) is 0 Å². The van der Waals surface area contributed by atoms with Crippen LogP contribution in [0.1, 0.15) is 45.1 Å². The van der Waals surface area contributed by atoms with Gasteiger partial charge >= 0.3 is 13.8 Å². The number of fused-ring (bicyclic) bond motifs is 1. The lowest BCUT2D eigenvalue weighted by atomic mass is 9.96. The van der Waals surface area contributed by atoms with Gasteiger partial charge in [0.15, 0.2) is 23.5 Å². The molecule has 0 amide bonds. The fourth-order valence-corrected chi connectivity index (χ4v) is 6.32. The SMILES string of the molecule is CCOc1nc(N)nc2c1ncn2[C@@H]1O[C@H](CO[P@@]2(=O)OCC[C@@H](c3cccc(Cl)c3)O2)[C@@H](OC(C)=O)[C@@]1(C)O. The number of rotatable bonds is 8. The van der Waals surface area contributed by atoms with Gasteiger partial charge in [0.25, 0.3) is 0 Å². The number of carbonyl (C=O) groups excluding carboxylic acids is 1. The molecule has 1 aromatic carbocycles. The number of hydrogen-bond acceptors (Lipinski definition) is 13. The number of nitrogens with two attached hydrogens (primary N) is 1. The molecule has 0 radical (unpaired) electrons. The summed E-state index contributed by atoms with van der Waals surface area (Å²) >= 11 is 6.09. The molecule has 2 saturated heterocycles. The minimum atomic E-state index is -4.06. The van der Waals surface area contributed by atoms with E-state index >= 15 is 0 Å². The smallest absolute Gasteiger partial charge is 0.475 e. The van der Waals surface area contributed by atoms with Crippen LogP contribution in [-0.2, 0) is 32.4 Å². The number of ether oxygens (including phenoxy) is 3. The van der Waals surface area contributed by atoms with Crippen molar-refractivity contribution in [3.63, 3.8) is 0 Å². The summed E-state index contributed by atoms with van der Waals surface area (Å²) in [5.41, 5.74) is 5.29. The van der Waals surface area contributed by atoms with Crippen LogP contribution in [0, 0.1) is 0 Å². The zero-order chi connectivity index (χ0) is 28.7. The normalized spacial score (nSPS) is 30.4. The molecule has 2 aromatic heterocycles. The van der Waals surface area contributed by atoms with E-state index in [9.17, 15) is 14.5 Å². The van der Waals surface area contributed by atoms with Crippen molar-refractivity contribution in [1.82, 2.24) is 19.5 Å². The van der Waals surface area contributed by atoms with E-state index < -0.39 is 50.5 Å². The zero-order valence-electron chi connectivity index (χ0n) is 21.9. The number of imidazole rings is 1. The Morgan fingerprint density at radius 2 is 2.17 bits per heavy atom. The number of benzene rings is 1. The van der Waals surface area contributed by atoms with Gasteiger partial charge in [-0.1, -0.05) is 23.7 Å². The molecule has 0 unspecified atom stereocenters. The second kappa shape index (κ2) is 11.2. The van der Waals surface area contributed by atoms with Gasteiger partial charge in [-0.25, -0.2) is 9.55 Å². The number of halogens is 1. The topological polar surface area (TPSA) is 179 Å². The molecule has 0 saturated carbocycles. The third-order valence-electron chi connectivity index (χ3n) is 6.45. The van der Waals surface area contributed by atoms with Gasteiger partial charge in [-0.3, -0.25) is 22.9 Å². The van der Waals surface area contributed by atoms with Crippen LogP contribution in [0.3, 0.4) is 0 Å². The Hall–Kier alpha value is -2.84. The minimum Gasteiger partial charge on any atom is -0.476 e. The van der Waals surface area contributed by atoms with Crippen LogP contribution in [0.25, 0.3) is 11.2 Å². The second-order valence-corrected chi connectivity index (χ2v) is 11.5. The van der Waals surface area contributed by atoms with Crippen molar-refractivity contribution in [1.29, 1.82) is 0 Å².